The van der Waals surface area contributed by atoms with E-state index in [1.807, 2.05) is 0 Å². The van der Waals surface area contributed by atoms with Gasteiger partial charge < -0.3 is 10.1 Å². The molecule has 154 valence electrons. The summed E-state index contributed by atoms with van der Waals surface area (Å²) >= 11 is 1.77. The maximum absolute atomic E-state index is 6.15. The minimum absolute atomic E-state index is 0.143. The van der Waals surface area contributed by atoms with Crippen molar-refractivity contribution in [2.24, 2.45) is 0 Å². The summed E-state index contributed by atoms with van der Waals surface area (Å²) in [5.41, 5.74) is 4.86. The van der Waals surface area contributed by atoms with Crippen LogP contribution in [0, 0.1) is 0 Å². The lowest BCUT2D eigenvalue weighted by atomic mass is 9.90. The summed E-state index contributed by atoms with van der Waals surface area (Å²) in [7, 11) is 0. The average molecular weight is 411 g/mol. The molecule has 6 heteroatoms. The van der Waals surface area contributed by atoms with Crippen molar-refractivity contribution in [3.05, 3.63) is 23.1 Å². The number of hydrogen-bond acceptors (Lipinski definition) is 6. The molecule has 1 aliphatic heterocycles. The van der Waals surface area contributed by atoms with Crippen molar-refractivity contribution < 1.29 is 4.74 Å². The molecule has 0 unspecified atom stereocenters. The lowest BCUT2D eigenvalue weighted by Gasteiger charge is -2.33. The molecule has 5 rings (SSSR count). The number of rotatable bonds is 4. The van der Waals surface area contributed by atoms with Crippen molar-refractivity contribution in [3.8, 4) is 0 Å². The summed E-state index contributed by atoms with van der Waals surface area (Å²) in [5, 5.41) is 4.85. The maximum Gasteiger partial charge on any atom is 0.140 e. The molecule has 1 aliphatic carbocycles. The predicted molar refractivity (Wildman–Crippen MR) is 120 cm³/mol. The fraction of sp³-hybridized carbons (Fsp3) is 0.609. The normalized spacial score (nSPS) is 19.6. The molecule has 2 aliphatic rings. The summed E-state index contributed by atoms with van der Waals surface area (Å²) in [6, 6.07) is 0.511. The molecule has 0 spiro atoms. The highest BCUT2D eigenvalue weighted by atomic mass is 32.1. The fourth-order valence-corrected chi connectivity index (χ4v) is 5.99. The number of anilines is 1. The number of nitrogens with zero attached hydrogens (tertiary/aromatic N) is 3. The van der Waals surface area contributed by atoms with Crippen LogP contribution in [0.3, 0.4) is 0 Å². The number of fused-ring (bicyclic) bond motifs is 5. The smallest absolute Gasteiger partial charge is 0.140 e. The van der Waals surface area contributed by atoms with Crippen LogP contribution in [-0.2, 0) is 24.2 Å². The zero-order valence-electron chi connectivity index (χ0n) is 17.7. The van der Waals surface area contributed by atoms with E-state index in [0.717, 1.165) is 40.8 Å². The Morgan fingerprint density at radius 2 is 2.00 bits per heavy atom. The maximum atomic E-state index is 6.15. The fourth-order valence-electron chi connectivity index (χ4n) is 4.84. The Hall–Kier alpha value is -1.79. The number of ether oxygens (including phenoxy) is 1. The topological polar surface area (TPSA) is 59.9 Å². The molecular weight excluding hydrogens is 380 g/mol. The van der Waals surface area contributed by atoms with Gasteiger partial charge in [0.1, 0.15) is 17.0 Å². The molecule has 0 bridgehead atoms. The van der Waals surface area contributed by atoms with Gasteiger partial charge in [0, 0.05) is 23.7 Å². The molecule has 0 amide bonds. The van der Waals surface area contributed by atoms with E-state index in [4.69, 9.17) is 9.72 Å². The Kier molecular flexibility index (Phi) is 4.95. The van der Waals surface area contributed by atoms with Gasteiger partial charge in [-0.15, -0.1) is 11.3 Å². The van der Waals surface area contributed by atoms with Gasteiger partial charge in [-0.3, -0.25) is 4.98 Å². The number of aryl methyl sites for hydroxylation is 1. The Balaban J connectivity index is 1.70. The zero-order valence-corrected chi connectivity index (χ0v) is 18.5. The van der Waals surface area contributed by atoms with E-state index < -0.39 is 0 Å². The molecule has 1 saturated carbocycles. The molecule has 0 atom stereocenters. The van der Waals surface area contributed by atoms with Crippen LogP contribution in [0.5, 0.6) is 0 Å². The monoisotopic (exact) mass is 410 g/mol. The first-order chi connectivity index (χ1) is 14.1. The molecule has 0 radical (unpaired) electrons. The van der Waals surface area contributed by atoms with Crippen molar-refractivity contribution >= 4 is 37.6 Å². The summed E-state index contributed by atoms with van der Waals surface area (Å²) < 4.78 is 7.43. The highest BCUT2D eigenvalue weighted by Gasteiger charge is 2.31. The van der Waals surface area contributed by atoms with Gasteiger partial charge in [-0.1, -0.05) is 32.6 Å². The summed E-state index contributed by atoms with van der Waals surface area (Å²) in [6.07, 6.45) is 11.1. The van der Waals surface area contributed by atoms with Gasteiger partial charge in [0.15, 0.2) is 0 Å². The molecule has 0 aromatic carbocycles. The number of nitrogens with one attached hydrogen (secondary N) is 1. The van der Waals surface area contributed by atoms with Gasteiger partial charge in [0.2, 0.25) is 0 Å². The van der Waals surface area contributed by atoms with Crippen molar-refractivity contribution in [3.63, 3.8) is 0 Å². The van der Waals surface area contributed by atoms with Crippen LogP contribution in [0.1, 0.15) is 76.1 Å². The molecule has 29 heavy (non-hydrogen) atoms. The highest BCUT2D eigenvalue weighted by molar-refractivity contribution is 7.25. The number of aromatic nitrogens is 3. The molecule has 3 aromatic rings. The zero-order chi connectivity index (χ0) is 20.0. The van der Waals surface area contributed by atoms with E-state index in [9.17, 15) is 0 Å². The van der Waals surface area contributed by atoms with E-state index in [1.54, 1.807) is 17.7 Å². The second-order valence-electron chi connectivity index (χ2n) is 9.15. The van der Waals surface area contributed by atoms with E-state index in [-0.39, 0.29) is 5.60 Å². The SMILES string of the molecule is CCCc1nc2c(sc3ncnc(NC4CCCCC4)c32)c2c1COC(C)(C)C2. The third-order valence-electron chi connectivity index (χ3n) is 6.34. The van der Waals surface area contributed by atoms with Gasteiger partial charge in [0.25, 0.3) is 0 Å². The van der Waals surface area contributed by atoms with E-state index >= 15 is 0 Å². The van der Waals surface area contributed by atoms with Crippen LogP contribution in [0.4, 0.5) is 5.82 Å². The van der Waals surface area contributed by atoms with E-state index in [2.05, 4.69) is 36.1 Å². The van der Waals surface area contributed by atoms with Gasteiger partial charge >= 0.3 is 0 Å². The Morgan fingerprint density at radius 3 is 2.79 bits per heavy atom. The van der Waals surface area contributed by atoms with Crippen LogP contribution in [0.15, 0.2) is 6.33 Å². The van der Waals surface area contributed by atoms with E-state index in [0.29, 0.717) is 12.6 Å². The van der Waals surface area contributed by atoms with Crippen molar-refractivity contribution in [1.82, 2.24) is 15.0 Å². The largest absolute Gasteiger partial charge is 0.370 e. The molecule has 4 heterocycles. The molecule has 0 saturated heterocycles. The summed E-state index contributed by atoms with van der Waals surface area (Å²) in [5.74, 6) is 0.967. The van der Waals surface area contributed by atoms with Crippen molar-refractivity contribution in [2.75, 3.05) is 5.32 Å². The first-order valence-electron chi connectivity index (χ1n) is 11.0. The van der Waals surface area contributed by atoms with Crippen molar-refractivity contribution in [2.45, 2.75) is 90.4 Å². The van der Waals surface area contributed by atoms with Crippen LogP contribution in [-0.4, -0.2) is 26.6 Å². The quantitative estimate of drug-likeness (QED) is 0.590. The van der Waals surface area contributed by atoms with Gasteiger partial charge in [-0.2, -0.15) is 0 Å². The van der Waals surface area contributed by atoms with Gasteiger partial charge in [-0.05, 0) is 38.7 Å². The third-order valence-corrected chi connectivity index (χ3v) is 7.49. The average Bonchev–Trinajstić information content (AvgIpc) is 3.08. The molecule has 1 N–H and O–H groups in total. The summed E-state index contributed by atoms with van der Waals surface area (Å²) in [4.78, 5) is 15.5. The van der Waals surface area contributed by atoms with Crippen molar-refractivity contribution in [1.29, 1.82) is 0 Å². The summed E-state index contributed by atoms with van der Waals surface area (Å²) in [6.45, 7) is 7.25. The third kappa shape index (κ3) is 3.50. The minimum atomic E-state index is -0.143. The Bertz CT molecular complexity index is 1050. The van der Waals surface area contributed by atoms with E-state index in [1.165, 1.54) is 53.6 Å². The van der Waals surface area contributed by atoms with Gasteiger partial charge in [-0.25, -0.2) is 9.97 Å². The molecule has 5 nitrogen and oxygen atoms in total. The molecule has 3 aromatic heterocycles. The standard InChI is InChI=1S/C23H30N4OS/c1-4-8-17-16-12-28-23(2,3)11-15(16)20-19(27-17)18-21(24-13-25-22(18)29-20)26-14-9-6-5-7-10-14/h13-14H,4-12H2,1-3H3,(H,24,25,26). The molecule has 1 fully saturated rings. The van der Waals surface area contributed by atoms with Crippen LogP contribution in [0.2, 0.25) is 0 Å². The van der Waals surface area contributed by atoms with Crippen LogP contribution >= 0.6 is 11.3 Å². The lowest BCUT2D eigenvalue weighted by molar-refractivity contribution is -0.0401. The van der Waals surface area contributed by atoms with Crippen LogP contribution in [0.25, 0.3) is 20.4 Å². The van der Waals surface area contributed by atoms with Crippen LogP contribution < -0.4 is 5.32 Å². The lowest BCUT2D eigenvalue weighted by Crippen LogP contribution is -2.32. The number of thiophene rings is 1. The second kappa shape index (κ2) is 7.47. The first kappa shape index (κ1) is 19.2. The minimum Gasteiger partial charge on any atom is -0.370 e. The Labute approximate surface area is 176 Å². The Morgan fingerprint density at radius 1 is 1.17 bits per heavy atom. The first-order valence-corrected chi connectivity index (χ1v) is 11.9. The predicted octanol–water partition coefficient (Wildman–Crippen LogP) is 5.79. The molecular formula is C23H30N4OS. The second-order valence-corrected chi connectivity index (χ2v) is 10.2. The highest BCUT2D eigenvalue weighted by Crippen LogP contribution is 2.42. The number of hydrogen-bond donors (Lipinski definition) is 1. The number of pyridine rings is 1. The van der Waals surface area contributed by atoms with Gasteiger partial charge in [0.05, 0.1) is 27.8 Å².